The SMILES string of the molecule is CC#CC(=O)NC1CCCC(C)C1. The van der Waals surface area contributed by atoms with Gasteiger partial charge >= 0.3 is 0 Å². The number of amides is 1. The van der Waals surface area contributed by atoms with Crippen molar-refractivity contribution < 1.29 is 4.79 Å². The lowest BCUT2D eigenvalue weighted by atomic mass is 9.87. The molecule has 1 aliphatic carbocycles. The summed E-state index contributed by atoms with van der Waals surface area (Å²) >= 11 is 0. The monoisotopic (exact) mass is 179 g/mol. The van der Waals surface area contributed by atoms with Gasteiger partial charge in [0.25, 0.3) is 5.91 Å². The topological polar surface area (TPSA) is 29.1 Å². The molecule has 0 aromatic carbocycles. The van der Waals surface area contributed by atoms with Crippen LogP contribution in [0.25, 0.3) is 0 Å². The van der Waals surface area contributed by atoms with E-state index in [1.165, 1.54) is 12.8 Å². The first-order chi connectivity index (χ1) is 6.22. The summed E-state index contributed by atoms with van der Waals surface area (Å²) in [5, 5.41) is 2.94. The summed E-state index contributed by atoms with van der Waals surface area (Å²) in [6.45, 7) is 3.92. The number of nitrogens with one attached hydrogen (secondary N) is 1. The van der Waals surface area contributed by atoms with Crippen LogP contribution < -0.4 is 5.32 Å². The van der Waals surface area contributed by atoms with Crippen LogP contribution in [0, 0.1) is 17.8 Å². The van der Waals surface area contributed by atoms with Crippen LogP contribution in [-0.4, -0.2) is 11.9 Å². The fourth-order valence-corrected chi connectivity index (χ4v) is 1.90. The van der Waals surface area contributed by atoms with Gasteiger partial charge in [-0.15, -0.1) is 0 Å². The number of carbonyl (C=O) groups is 1. The van der Waals surface area contributed by atoms with E-state index >= 15 is 0 Å². The van der Waals surface area contributed by atoms with Crippen molar-refractivity contribution in [2.45, 2.75) is 45.6 Å². The van der Waals surface area contributed by atoms with Crippen molar-refractivity contribution in [2.75, 3.05) is 0 Å². The maximum absolute atomic E-state index is 11.1. The third-order valence-corrected chi connectivity index (χ3v) is 2.51. The molecule has 2 heteroatoms. The van der Waals surface area contributed by atoms with Crippen molar-refractivity contribution in [3.63, 3.8) is 0 Å². The lowest BCUT2D eigenvalue weighted by molar-refractivity contribution is -0.116. The van der Waals surface area contributed by atoms with Gasteiger partial charge in [-0.2, -0.15) is 0 Å². The van der Waals surface area contributed by atoms with E-state index in [9.17, 15) is 4.79 Å². The highest BCUT2D eigenvalue weighted by Gasteiger charge is 2.19. The number of hydrogen-bond donors (Lipinski definition) is 1. The molecule has 0 aromatic rings. The molecule has 0 aromatic heterocycles. The van der Waals surface area contributed by atoms with Crippen molar-refractivity contribution in [3.05, 3.63) is 0 Å². The molecule has 2 nitrogen and oxygen atoms in total. The van der Waals surface area contributed by atoms with Gasteiger partial charge in [-0.3, -0.25) is 4.79 Å². The van der Waals surface area contributed by atoms with Crippen LogP contribution in [0.1, 0.15) is 39.5 Å². The van der Waals surface area contributed by atoms with Crippen molar-refractivity contribution in [1.82, 2.24) is 5.32 Å². The molecule has 1 N–H and O–H groups in total. The second-order valence-electron chi connectivity index (χ2n) is 3.82. The zero-order valence-electron chi connectivity index (χ0n) is 8.39. The van der Waals surface area contributed by atoms with Crippen molar-refractivity contribution in [2.24, 2.45) is 5.92 Å². The molecule has 0 aliphatic heterocycles. The number of rotatable bonds is 1. The molecule has 0 radical (unpaired) electrons. The Kier molecular flexibility index (Phi) is 3.82. The molecule has 72 valence electrons. The Balaban J connectivity index is 2.34. The molecule has 1 rings (SSSR count). The lowest BCUT2D eigenvalue weighted by Gasteiger charge is -2.26. The first-order valence-corrected chi connectivity index (χ1v) is 4.95. The largest absolute Gasteiger partial charge is 0.343 e. The summed E-state index contributed by atoms with van der Waals surface area (Å²) in [6.07, 6.45) is 4.75. The Morgan fingerprint density at radius 3 is 2.85 bits per heavy atom. The quantitative estimate of drug-likeness (QED) is 0.610. The fraction of sp³-hybridized carbons (Fsp3) is 0.727. The average molecular weight is 179 g/mol. The zero-order chi connectivity index (χ0) is 9.68. The minimum absolute atomic E-state index is 0.124. The molecule has 13 heavy (non-hydrogen) atoms. The standard InChI is InChI=1S/C11H17NO/c1-3-5-11(13)12-10-7-4-6-9(2)8-10/h9-10H,4,6-8H2,1-2H3,(H,12,13). The van der Waals surface area contributed by atoms with Gasteiger partial charge in [-0.1, -0.05) is 25.7 Å². The van der Waals surface area contributed by atoms with Crippen molar-refractivity contribution in [1.29, 1.82) is 0 Å². The van der Waals surface area contributed by atoms with E-state index in [-0.39, 0.29) is 5.91 Å². The van der Waals surface area contributed by atoms with E-state index in [0.29, 0.717) is 6.04 Å². The van der Waals surface area contributed by atoms with Gasteiger partial charge < -0.3 is 5.32 Å². The molecule has 2 unspecified atom stereocenters. The Labute approximate surface area is 80.1 Å². The van der Waals surface area contributed by atoms with Crippen LogP contribution in [0.3, 0.4) is 0 Å². The Morgan fingerprint density at radius 1 is 1.46 bits per heavy atom. The second kappa shape index (κ2) is 4.91. The molecule has 2 atom stereocenters. The third kappa shape index (κ3) is 3.50. The summed E-state index contributed by atoms with van der Waals surface area (Å²) in [4.78, 5) is 11.1. The first kappa shape index (κ1) is 10.1. The highest BCUT2D eigenvalue weighted by molar-refractivity contribution is 5.93. The number of carbonyl (C=O) groups excluding carboxylic acids is 1. The predicted octanol–water partition coefficient (Wildman–Crippen LogP) is 1.70. The van der Waals surface area contributed by atoms with E-state index < -0.39 is 0 Å². The van der Waals surface area contributed by atoms with E-state index in [1.807, 2.05) is 0 Å². The summed E-state index contributed by atoms with van der Waals surface area (Å²) in [6, 6.07) is 0.358. The van der Waals surface area contributed by atoms with Crippen molar-refractivity contribution in [3.8, 4) is 11.8 Å². The number of hydrogen-bond acceptors (Lipinski definition) is 1. The highest BCUT2D eigenvalue weighted by atomic mass is 16.1. The molecule has 1 aliphatic rings. The van der Waals surface area contributed by atoms with E-state index in [2.05, 4.69) is 24.1 Å². The van der Waals surface area contributed by atoms with Gasteiger partial charge in [0.1, 0.15) is 0 Å². The molecule has 1 saturated carbocycles. The minimum atomic E-state index is -0.124. The molecule has 0 heterocycles. The Hall–Kier alpha value is -0.970. The Morgan fingerprint density at radius 2 is 2.23 bits per heavy atom. The van der Waals surface area contributed by atoms with Crippen LogP contribution in [0.15, 0.2) is 0 Å². The summed E-state index contributed by atoms with van der Waals surface area (Å²) < 4.78 is 0. The molecule has 1 amide bonds. The molecule has 0 spiro atoms. The van der Waals surface area contributed by atoms with Gasteiger partial charge in [0, 0.05) is 6.04 Å². The summed E-state index contributed by atoms with van der Waals surface area (Å²) in [7, 11) is 0. The maximum atomic E-state index is 11.1. The Bertz CT molecular complexity index is 236. The fourth-order valence-electron chi connectivity index (χ4n) is 1.90. The predicted molar refractivity (Wildman–Crippen MR) is 53.0 cm³/mol. The third-order valence-electron chi connectivity index (χ3n) is 2.51. The minimum Gasteiger partial charge on any atom is -0.343 e. The van der Waals surface area contributed by atoms with Gasteiger partial charge in [0.05, 0.1) is 0 Å². The highest BCUT2D eigenvalue weighted by Crippen LogP contribution is 2.23. The summed E-state index contributed by atoms with van der Waals surface area (Å²) in [5.41, 5.74) is 0. The lowest BCUT2D eigenvalue weighted by Crippen LogP contribution is -2.37. The first-order valence-electron chi connectivity index (χ1n) is 4.95. The van der Waals surface area contributed by atoms with E-state index in [1.54, 1.807) is 6.92 Å². The van der Waals surface area contributed by atoms with Gasteiger partial charge in [-0.25, -0.2) is 0 Å². The van der Waals surface area contributed by atoms with Gasteiger partial charge in [0.2, 0.25) is 0 Å². The van der Waals surface area contributed by atoms with E-state index in [0.717, 1.165) is 18.8 Å². The molecule has 1 fully saturated rings. The average Bonchev–Trinajstić information content (AvgIpc) is 2.04. The summed E-state index contributed by atoms with van der Waals surface area (Å²) in [5.74, 6) is 5.73. The van der Waals surface area contributed by atoms with Crippen LogP contribution in [0.4, 0.5) is 0 Å². The smallest absolute Gasteiger partial charge is 0.296 e. The van der Waals surface area contributed by atoms with Gasteiger partial charge in [-0.05, 0) is 31.6 Å². The maximum Gasteiger partial charge on any atom is 0.296 e. The molecular weight excluding hydrogens is 162 g/mol. The van der Waals surface area contributed by atoms with Crippen LogP contribution in [0.5, 0.6) is 0 Å². The van der Waals surface area contributed by atoms with Crippen LogP contribution in [-0.2, 0) is 4.79 Å². The molecule has 0 bridgehead atoms. The van der Waals surface area contributed by atoms with Gasteiger partial charge in [0.15, 0.2) is 0 Å². The zero-order valence-corrected chi connectivity index (χ0v) is 8.39. The van der Waals surface area contributed by atoms with Crippen LogP contribution in [0.2, 0.25) is 0 Å². The molecule has 0 saturated heterocycles. The van der Waals surface area contributed by atoms with Crippen LogP contribution >= 0.6 is 0 Å². The van der Waals surface area contributed by atoms with E-state index in [4.69, 9.17) is 0 Å². The normalized spacial score (nSPS) is 27.2. The molecular formula is C11H17NO. The second-order valence-corrected chi connectivity index (χ2v) is 3.82. The van der Waals surface area contributed by atoms with Crippen molar-refractivity contribution >= 4 is 5.91 Å².